The average molecular weight is 245 g/mol. The summed E-state index contributed by atoms with van der Waals surface area (Å²) in [4.78, 5) is 13.4. The van der Waals surface area contributed by atoms with Crippen molar-refractivity contribution >= 4 is 5.91 Å². The fraction of sp³-hybridized carbons (Fsp3) is 0.917. The van der Waals surface area contributed by atoms with Crippen LogP contribution in [0.15, 0.2) is 0 Å². The van der Waals surface area contributed by atoms with Crippen molar-refractivity contribution in [3.63, 3.8) is 0 Å². The Morgan fingerprint density at radius 3 is 2.47 bits per heavy atom. The van der Waals surface area contributed by atoms with Gasteiger partial charge in [-0.25, -0.2) is 0 Å². The zero-order valence-corrected chi connectivity index (χ0v) is 11.3. The number of nitrogens with zero attached hydrogens (tertiary/aromatic N) is 1. The van der Waals surface area contributed by atoms with Crippen LogP contribution in [0.1, 0.15) is 27.2 Å². The molecule has 0 saturated carbocycles. The lowest BCUT2D eigenvalue weighted by Gasteiger charge is -2.21. The first-order valence-corrected chi connectivity index (χ1v) is 6.51. The smallest absolute Gasteiger partial charge is 0.233 e. The second-order valence-corrected chi connectivity index (χ2v) is 4.12. The molecule has 17 heavy (non-hydrogen) atoms. The van der Waals surface area contributed by atoms with Gasteiger partial charge in [-0.1, -0.05) is 20.8 Å². The molecule has 0 saturated heterocycles. The predicted octanol–water partition coefficient (Wildman–Crippen LogP) is -0.195. The van der Waals surface area contributed by atoms with Gasteiger partial charge in [0.2, 0.25) is 5.91 Å². The summed E-state index contributed by atoms with van der Waals surface area (Å²) in [6, 6.07) is 0. The number of carbonyl (C=O) groups excluding carboxylic acids is 1. The van der Waals surface area contributed by atoms with E-state index in [0.717, 1.165) is 19.5 Å². The Morgan fingerprint density at radius 1 is 1.29 bits per heavy atom. The van der Waals surface area contributed by atoms with Crippen LogP contribution < -0.4 is 10.6 Å². The van der Waals surface area contributed by atoms with Gasteiger partial charge in [0.1, 0.15) is 0 Å². The number of hydrogen-bond donors (Lipinski definition) is 3. The zero-order valence-electron chi connectivity index (χ0n) is 11.3. The number of carbonyl (C=O) groups is 1. The van der Waals surface area contributed by atoms with Gasteiger partial charge >= 0.3 is 0 Å². The number of hydrogen-bond acceptors (Lipinski definition) is 4. The minimum atomic E-state index is -0.422. The predicted molar refractivity (Wildman–Crippen MR) is 70.0 cm³/mol. The standard InChI is InChI=1S/C12H27N3O2/c1-4-7-14-12(17)9-13-8-11(16)10-15(5-2)6-3/h11,13,16H,4-10H2,1-3H3,(H,14,17). The molecule has 0 fully saturated rings. The number of nitrogens with one attached hydrogen (secondary N) is 2. The Kier molecular flexibility index (Phi) is 10.1. The van der Waals surface area contributed by atoms with E-state index in [1.54, 1.807) is 0 Å². The molecule has 0 aliphatic carbocycles. The van der Waals surface area contributed by atoms with E-state index in [4.69, 9.17) is 0 Å². The summed E-state index contributed by atoms with van der Waals surface area (Å²) < 4.78 is 0. The molecule has 0 spiro atoms. The van der Waals surface area contributed by atoms with E-state index < -0.39 is 6.10 Å². The molecule has 0 rings (SSSR count). The maximum absolute atomic E-state index is 11.3. The first-order chi connectivity index (χ1) is 8.13. The van der Waals surface area contributed by atoms with E-state index in [0.29, 0.717) is 19.6 Å². The molecule has 0 radical (unpaired) electrons. The number of rotatable bonds is 10. The maximum Gasteiger partial charge on any atom is 0.233 e. The van der Waals surface area contributed by atoms with Crippen molar-refractivity contribution in [2.45, 2.75) is 33.3 Å². The summed E-state index contributed by atoms with van der Waals surface area (Å²) in [6.45, 7) is 10.1. The van der Waals surface area contributed by atoms with E-state index in [2.05, 4.69) is 29.4 Å². The van der Waals surface area contributed by atoms with E-state index in [9.17, 15) is 9.90 Å². The van der Waals surface area contributed by atoms with E-state index in [1.807, 2.05) is 6.92 Å². The lowest BCUT2D eigenvalue weighted by Crippen LogP contribution is -2.41. The Balaban J connectivity index is 3.56. The van der Waals surface area contributed by atoms with Crippen LogP contribution in [0.25, 0.3) is 0 Å². The third kappa shape index (κ3) is 9.09. The van der Waals surface area contributed by atoms with Gasteiger partial charge in [0.15, 0.2) is 0 Å². The monoisotopic (exact) mass is 245 g/mol. The van der Waals surface area contributed by atoms with Crippen LogP contribution in [0.4, 0.5) is 0 Å². The Bertz CT molecular complexity index is 196. The van der Waals surface area contributed by atoms with Gasteiger partial charge in [0.25, 0.3) is 0 Å². The Hall–Kier alpha value is -0.650. The van der Waals surface area contributed by atoms with Gasteiger partial charge in [-0.3, -0.25) is 4.79 Å². The summed E-state index contributed by atoms with van der Waals surface area (Å²) in [5.74, 6) is -0.0121. The van der Waals surface area contributed by atoms with Crippen LogP contribution in [-0.2, 0) is 4.79 Å². The van der Waals surface area contributed by atoms with Crippen LogP contribution in [0.3, 0.4) is 0 Å². The molecule has 102 valence electrons. The summed E-state index contributed by atoms with van der Waals surface area (Å²) in [5, 5.41) is 15.5. The molecule has 0 aliphatic rings. The van der Waals surface area contributed by atoms with Gasteiger partial charge in [0, 0.05) is 19.6 Å². The third-order valence-corrected chi connectivity index (χ3v) is 2.60. The number of likely N-dealkylation sites (N-methyl/N-ethyl adjacent to an activating group) is 1. The molecule has 0 heterocycles. The van der Waals surface area contributed by atoms with E-state index >= 15 is 0 Å². The van der Waals surface area contributed by atoms with Crippen molar-refractivity contribution in [3.05, 3.63) is 0 Å². The molecule has 0 aliphatic heterocycles. The highest BCUT2D eigenvalue weighted by atomic mass is 16.3. The average Bonchev–Trinajstić information content (AvgIpc) is 2.33. The van der Waals surface area contributed by atoms with Gasteiger partial charge in [-0.05, 0) is 19.5 Å². The lowest BCUT2D eigenvalue weighted by molar-refractivity contribution is -0.120. The summed E-state index contributed by atoms with van der Waals surface area (Å²) in [5.41, 5.74) is 0. The molecule has 1 unspecified atom stereocenters. The molecule has 0 aromatic rings. The van der Waals surface area contributed by atoms with Gasteiger partial charge in [-0.15, -0.1) is 0 Å². The van der Waals surface area contributed by atoms with Crippen molar-refractivity contribution in [1.82, 2.24) is 15.5 Å². The summed E-state index contributed by atoms with van der Waals surface area (Å²) in [7, 11) is 0. The van der Waals surface area contributed by atoms with E-state index in [-0.39, 0.29) is 12.5 Å². The highest BCUT2D eigenvalue weighted by molar-refractivity contribution is 5.77. The molecular formula is C12H27N3O2. The van der Waals surface area contributed by atoms with Crippen molar-refractivity contribution in [3.8, 4) is 0 Å². The van der Waals surface area contributed by atoms with Gasteiger partial charge < -0.3 is 20.6 Å². The second-order valence-electron chi connectivity index (χ2n) is 4.12. The molecule has 1 amide bonds. The normalized spacial score (nSPS) is 12.8. The third-order valence-electron chi connectivity index (χ3n) is 2.60. The zero-order chi connectivity index (χ0) is 13.1. The number of aliphatic hydroxyl groups is 1. The van der Waals surface area contributed by atoms with Crippen LogP contribution >= 0.6 is 0 Å². The molecule has 0 bridgehead atoms. The quantitative estimate of drug-likeness (QED) is 0.499. The minimum Gasteiger partial charge on any atom is -0.390 e. The molecule has 5 nitrogen and oxygen atoms in total. The highest BCUT2D eigenvalue weighted by Gasteiger charge is 2.09. The van der Waals surface area contributed by atoms with Crippen molar-refractivity contribution in [2.24, 2.45) is 0 Å². The Labute approximate surface area is 105 Å². The second kappa shape index (κ2) is 10.5. The molecule has 1 atom stereocenters. The summed E-state index contributed by atoms with van der Waals surface area (Å²) >= 11 is 0. The first-order valence-electron chi connectivity index (χ1n) is 6.51. The summed E-state index contributed by atoms with van der Waals surface area (Å²) in [6.07, 6.45) is 0.518. The van der Waals surface area contributed by atoms with Crippen molar-refractivity contribution < 1.29 is 9.90 Å². The molecule has 5 heteroatoms. The number of aliphatic hydroxyl groups excluding tert-OH is 1. The van der Waals surface area contributed by atoms with Crippen molar-refractivity contribution in [1.29, 1.82) is 0 Å². The van der Waals surface area contributed by atoms with Crippen molar-refractivity contribution in [2.75, 3.05) is 39.3 Å². The minimum absolute atomic E-state index is 0.0121. The van der Waals surface area contributed by atoms with Crippen LogP contribution in [0.5, 0.6) is 0 Å². The van der Waals surface area contributed by atoms with Gasteiger partial charge in [0.05, 0.1) is 12.6 Å². The first kappa shape index (κ1) is 16.4. The molecular weight excluding hydrogens is 218 g/mol. The lowest BCUT2D eigenvalue weighted by atomic mass is 10.3. The van der Waals surface area contributed by atoms with Crippen LogP contribution in [0, 0.1) is 0 Å². The SMILES string of the molecule is CCCNC(=O)CNCC(O)CN(CC)CC. The van der Waals surface area contributed by atoms with E-state index in [1.165, 1.54) is 0 Å². The molecule has 3 N–H and O–H groups in total. The highest BCUT2D eigenvalue weighted by Crippen LogP contribution is 1.90. The fourth-order valence-electron chi connectivity index (χ4n) is 1.52. The molecule has 0 aromatic heterocycles. The Morgan fingerprint density at radius 2 is 1.94 bits per heavy atom. The van der Waals surface area contributed by atoms with Crippen LogP contribution in [-0.4, -0.2) is 61.3 Å². The number of amides is 1. The van der Waals surface area contributed by atoms with Gasteiger partial charge in [-0.2, -0.15) is 0 Å². The molecule has 0 aromatic carbocycles. The maximum atomic E-state index is 11.3. The fourth-order valence-corrected chi connectivity index (χ4v) is 1.52. The largest absolute Gasteiger partial charge is 0.390 e. The van der Waals surface area contributed by atoms with Crippen LogP contribution in [0.2, 0.25) is 0 Å². The topological polar surface area (TPSA) is 64.6 Å².